The fourth-order valence-corrected chi connectivity index (χ4v) is 2.61. The minimum atomic E-state index is 0.0769. The Labute approximate surface area is 102 Å². The van der Waals surface area contributed by atoms with Gasteiger partial charge in [0.2, 0.25) is 5.91 Å². The van der Waals surface area contributed by atoms with Gasteiger partial charge in [-0.05, 0) is 20.3 Å². The van der Waals surface area contributed by atoms with E-state index in [-0.39, 0.29) is 11.4 Å². The van der Waals surface area contributed by atoms with Crippen molar-refractivity contribution in [3.8, 4) is 0 Å². The Morgan fingerprint density at radius 3 is 2.94 bits per heavy atom. The van der Waals surface area contributed by atoms with Crippen LogP contribution < -0.4 is 10.6 Å². The molecule has 0 aromatic rings. The first-order chi connectivity index (χ1) is 7.59. The van der Waals surface area contributed by atoms with E-state index in [9.17, 15) is 4.79 Å². The molecule has 1 rings (SSSR count). The minimum Gasteiger partial charge on any atom is -0.359 e. The predicted molar refractivity (Wildman–Crippen MR) is 69.9 cm³/mol. The molecule has 5 heteroatoms. The molecule has 2 N–H and O–H groups in total. The van der Waals surface area contributed by atoms with Crippen molar-refractivity contribution >= 4 is 22.8 Å². The van der Waals surface area contributed by atoms with Gasteiger partial charge in [-0.25, -0.2) is 0 Å². The fraction of sp³-hybridized carbons (Fsp3) is 0.818. The summed E-state index contributed by atoms with van der Waals surface area (Å²) >= 11 is 1.75. The number of aliphatic imine (C=N–C) groups is 1. The summed E-state index contributed by atoms with van der Waals surface area (Å²) in [7, 11) is 0. The number of hydrogen-bond acceptors (Lipinski definition) is 3. The van der Waals surface area contributed by atoms with Crippen LogP contribution in [-0.2, 0) is 4.79 Å². The number of carbonyl (C=O) groups is 1. The van der Waals surface area contributed by atoms with Gasteiger partial charge in [-0.3, -0.25) is 9.79 Å². The van der Waals surface area contributed by atoms with Gasteiger partial charge in [0, 0.05) is 24.3 Å². The van der Waals surface area contributed by atoms with Crippen LogP contribution in [0.5, 0.6) is 0 Å². The van der Waals surface area contributed by atoms with Crippen LogP contribution in [0.15, 0.2) is 4.99 Å². The molecule has 92 valence electrons. The third kappa shape index (κ3) is 4.04. The Balaban J connectivity index is 2.29. The van der Waals surface area contributed by atoms with Crippen molar-refractivity contribution < 1.29 is 4.79 Å². The third-order valence-corrected chi connectivity index (χ3v) is 3.97. The molecule has 1 aliphatic heterocycles. The number of amidine groups is 1. The second-order valence-corrected chi connectivity index (χ2v) is 5.18. The number of nitrogens with zero attached hydrogens (tertiary/aromatic N) is 1. The van der Waals surface area contributed by atoms with Crippen LogP contribution >= 0.6 is 11.8 Å². The van der Waals surface area contributed by atoms with E-state index in [4.69, 9.17) is 0 Å². The lowest BCUT2D eigenvalue weighted by atomic mass is 10.0. The number of rotatable bonds is 5. The second kappa shape index (κ2) is 6.13. The lowest BCUT2D eigenvalue weighted by molar-refractivity contribution is -0.120. The van der Waals surface area contributed by atoms with Crippen LogP contribution in [0.3, 0.4) is 0 Å². The Bertz CT molecular complexity index is 280. The highest BCUT2D eigenvalue weighted by atomic mass is 32.2. The molecule has 0 aromatic heterocycles. The lowest BCUT2D eigenvalue weighted by Gasteiger charge is -2.20. The molecule has 0 spiro atoms. The quantitative estimate of drug-likeness (QED) is 0.767. The van der Waals surface area contributed by atoms with Crippen molar-refractivity contribution in [2.24, 2.45) is 4.99 Å². The van der Waals surface area contributed by atoms with E-state index >= 15 is 0 Å². The Morgan fingerprint density at radius 1 is 1.62 bits per heavy atom. The average Bonchev–Trinajstić information content (AvgIpc) is 2.62. The second-order valence-electron chi connectivity index (χ2n) is 4.22. The Morgan fingerprint density at radius 2 is 2.38 bits per heavy atom. The van der Waals surface area contributed by atoms with Gasteiger partial charge in [-0.1, -0.05) is 18.7 Å². The predicted octanol–water partition coefficient (Wildman–Crippen LogP) is 1.37. The molecule has 1 amide bonds. The van der Waals surface area contributed by atoms with Crippen molar-refractivity contribution in [1.29, 1.82) is 0 Å². The number of carbonyl (C=O) groups excluding carboxylic acids is 1. The molecule has 0 saturated carbocycles. The van der Waals surface area contributed by atoms with Gasteiger partial charge in [0.1, 0.15) is 0 Å². The van der Waals surface area contributed by atoms with E-state index in [0.29, 0.717) is 19.5 Å². The van der Waals surface area contributed by atoms with Crippen molar-refractivity contribution in [3.05, 3.63) is 0 Å². The molecule has 0 aliphatic carbocycles. The van der Waals surface area contributed by atoms with Crippen LogP contribution in [0.4, 0.5) is 0 Å². The van der Waals surface area contributed by atoms with Crippen LogP contribution in [0.25, 0.3) is 0 Å². The van der Waals surface area contributed by atoms with Gasteiger partial charge in [0.25, 0.3) is 0 Å². The van der Waals surface area contributed by atoms with E-state index < -0.39 is 0 Å². The van der Waals surface area contributed by atoms with Crippen LogP contribution in [-0.4, -0.2) is 35.5 Å². The summed E-state index contributed by atoms with van der Waals surface area (Å²) in [4.78, 5) is 15.6. The van der Waals surface area contributed by atoms with E-state index in [1.54, 1.807) is 11.8 Å². The number of hydrogen-bond donors (Lipinski definition) is 2. The number of thioether (sulfide) groups is 1. The fourth-order valence-electron chi connectivity index (χ4n) is 1.38. The summed E-state index contributed by atoms with van der Waals surface area (Å²) in [5.74, 6) is 1.14. The monoisotopic (exact) mass is 243 g/mol. The average molecular weight is 243 g/mol. The summed E-state index contributed by atoms with van der Waals surface area (Å²) < 4.78 is 0. The van der Waals surface area contributed by atoms with Gasteiger partial charge in [-0.15, -0.1) is 0 Å². The highest BCUT2D eigenvalue weighted by Gasteiger charge is 2.30. The summed E-state index contributed by atoms with van der Waals surface area (Å²) in [5, 5.41) is 7.15. The van der Waals surface area contributed by atoms with Crippen molar-refractivity contribution in [2.75, 3.05) is 18.8 Å². The first kappa shape index (κ1) is 13.4. The summed E-state index contributed by atoms with van der Waals surface area (Å²) in [5.41, 5.74) is 0.176. The molecular weight excluding hydrogens is 222 g/mol. The smallest absolute Gasteiger partial charge is 0.221 e. The van der Waals surface area contributed by atoms with E-state index in [2.05, 4.69) is 29.5 Å². The van der Waals surface area contributed by atoms with E-state index in [1.807, 2.05) is 6.92 Å². The number of amides is 1. The standard InChI is InChI=1S/C11H21N3OS/c1-4-11(3)8-16-10(14-11)13-7-6-9(15)12-5-2/h4-8H2,1-3H3,(H,12,15)(H,13,14). The highest BCUT2D eigenvalue weighted by Crippen LogP contribution is 2.25. The van der Waals surface area contributed by atoms with Crippen LogP contribution in [0.1, 0.15) is 33.6 Å². The largest absolute Gasteiger partial charge is 0.359 e. The van der Waals surface area contributed by atoms with E-state index in [1.165, 1.54) is 0 Å². The molecule has 0 radical (unpaired) electrons. The Hall–Kier alpha value is -0.710. The maximum Gasteiger partial charge on any atom is 0.221 e. The molecule has 1 unspecified atom stereocenters. The summed E-state index contributed by atoms with van der Waals surface area (Å²) in [6.07, 6.45) is 1.57. The molecule has 0 bridgehead atoms. The van der Waals surface area contributed by atoms with Gasteiger partial charge in [0.15, 0.2) is 5.17 Å². The van der Waals surface area contributed by atoms with Crippen LogP contribution in [0.2, 0.25) is 0 Å². The van der Waals surface area contributed by atoms with Crippen molar-refractivity contribution in [2.45, 2.75) is 39.2 Å². The maximum atomic E-state index is 11.2. The van der Waals surface area contributed by atoms with Gasteiger partial charge in [0.05, 0.1) is 6.54 Å². The molecule has 16 heavy (non-hydrogen) atoms. The van der Waals surface area contributed by atoms with Crippen molar-refractivity contribution in [3.63, 3.8) is 0 Å². The van der Waals surface area contributed by atoms with Crippen LogP contribution in [0, 0.1) is 0 Å². The lowest BCUT2D eigenvalue weighted by Crippen LogP contribution is -2.39. The summed E-state index contributed by atoms with van der Waals surface area (Å²) in [6.45, 7) is 7.56. The SMILES string of the molecule is CCNC(=O)CCN=C1NC(C)(CC)CS1. The molecule has 1 aliphatic rings. The van der Waals surface area contributed by atoms with Gasteiger partial charge < -0.3 is 10.6 Å². The van der Waals surface area contributed by atoms with E-state index in [0.717, 1.165) is 17.3 Å². The summed E-state index contributed by atoms with van der Waals surface area (Å²) in [6, 6.07) is 0. The number of nitrogens with one attached hydrogen (secondary N) is 2. The topological polar surface area (TPSA) is 53.5 Å². The molecular formula is C11H21N3OS. The first-order valence-corrected chi connectivity index (χ1v) is 6.80. The van der Waals surface area contributed by atoms with Gasteiger partial charge >= 0.3 is 0 Å². The molecule has 1 heterocycles. The van der Waals surface area contributed by atoms with Crippen molar-refractivity contribution in [1.82, 2.24) is 10.6 Å². The molecule has 1 fully saturated rings. The Kier molecular flexibility index (Phi) is 5.12. The third-order valence-electron chi connectivity index (χ3n) is 2.68. The zero-order valence-corrected chi connectivity index (χ0v) is 11.1. The maximum absolute atomic E-state index is 11.2. The van der Waals surface area contributed by atoms with Gasteiger partial charge in [-0.2, -0.15) is 0 Å². The molecule has 0 aromatic carbocycles. The molecule has 1 saturated heterocycles. The normalized spacial score (nSPS) is 26.8. The first-order valence-electron chi connectivity index (χ1n) is 5.82. The minimum absolute atomic E-state index is 0.0769. The highest BCUT2D eigenvalue weighted by molar-refractivity contribution is 8.14. The zero-order chi connectivity index (χ0) is 12.0. The zero-order valence-electron chi connectivity index (χ0n) is 10.3. The molecule has 1 atom stereocenters. The molecule has 4 nitrogen and oxygen atoms in total.